The third-order valence-electron chi connectivity index (χ3n) is 3.63. The van der Waals surface area contributed by atoms with Crippen molar-refractivity contribution in [3.63, 3.8) is 0 Å². The molecule has 23 heavy (non-hydrogen) atoms. The Kier molecular flexibility index (Phi) is 4.90. The molecule has 1 atom stereocenters. The predicted octanol–water partition coefficient (Wildman–Crippen LogP) is 0.789. The first-order chi connectivity index (χ1) is 10.7. The molecular weight excluding hydrogens is 342 g/mol. The molecule has 9 heteroatoms. The Morgan fingerprint density at radius 1 is 1.39 bits per heavy atom. The highest BCUT2D eigenvalue weighted by atomic mass is 32.2. The number of benzene rings is 1. The van der Waals surface area contributed by atoms with Crippen LogP contribution in [0.5, 0.6) is 5.75 Å². The minimum atomic E-state index is -3.50. The Balaban J connectivity index is 2.40. The molecular formula is C14H17NO6S2. The third-order valence-corrected chi connectivity index (χ3v) is 5.93. The molecule has 2 rings (SSSR count). The number of amides is 1. The molecule has 126 valence electrons. The Bertz CT molecular complexity index is 738. The number of sulfone groups is 1. The van der Waals surface area contributed by atoms with E-state index in [0.29, 0.717) is 12.2 Å². The van der Waals surface area contributed by atoms with Crippen molar-refractivity contribution in [2.75, 3.05) is 24.9 Å². The molecule has 1 aliphatic heterocycles. The molecule has 0 aliphatic carbocycles. The van der Waals surface area contributed by atoms with Crippen molar-refractivity contribution in [1.82, 2.24) is 5.32 Å². The zero-order valence-corrected chi connectivity index (χ0v) is 14.3. The fourth-order valence-electron chi connectivity index (χ4n) is 2.27. The summed E-state index contributed by atoms with van der Waals surface area (Å²) in [6, 6.07) is 3.91. The van der Waals surface area contributed by atoms with Gasteiger partial charge in [-0.15, -0.1) is 0 Å². The Hall–Kier alpha value is -1.74. The molecule has 0 bridgehead atoms. The third kappa shape index (κ3) is 3.61. The Morgan fingerprint density at radius 3 is 2.57 bits per heavy atom. The molecule has 0 aromatic heterocycles. The van der Waals surface area contributed by atoms with Crippen LogP contribution in [0.2, 0.25) is 0 Å². The van der Waals surface area contributed by atoms with Gasteiger partial charge >= 0.3 is 5.97 Å². The van der Waals surface area contributed by atoms with Crippen LogP contribution in [0.4, 0.5) is 0 Å². The largest absolute Gasteiger partial charge is 0.496 e. The van der Waals surface area contributed by atoms with Crippen LogP contribution in [0, 0.1) is 0 Å². The van der Waals surface area contributed by atoms with Crippen LogP contribution in [0.3, 0.4) is 0 Å². The highest BCUT2D eigenvalue weighted by Crippen LogP contribution is 2.30. The van der Waals surface area contributed by atoms with E-state index in [1.54, 1.807) is 0 Å². The molecule has 0 radical (unpaired) electrons. The van der Waals surface area contributed by atoms with E-state index in [9.17, 15) is 23.1 Å². The number of methoxy groups -OCH3 is 1. The van der Waals surface area contributed by atoms with Crippen molar-refractivity contribution < 1.29 is 27.9 Å². The number of rotatable bonds is 5. The molecule has 1 saturated heterocycles. The lowest BCUT2D eigenvalue weighted by Crippen LogP contribution is -2.54. The smallest absolute Gasteiger partial charge is 0.330 e. The van der Waals surface area contributed by atoms with Crippen molar-refractivity contribution in [1.29, 1.82) is 0 Å². The maximum Gasteiger partial charge on any atom is 0.330 e. The number of ether oxygens (including phenoxy) is 1. The van der Waals surface area contributed by atoms with Crippen LogP contribution in [-0.2, 0) is 14.6 Å². The molecule has 1 amide bonds. The summed E-state index contributed by atoms with van der Waals surface area (Å²) in [5, 5.41) is 11.9. The molecule has 7 nitrogen and oxygen atoms in total. The van der Waals surface area contributed by atoms with Crippen LogP contribution >= 0.6 is 11.8 Å². The van der Waals surface area contributed by atoms with Gasteiger partial charge in [0, 0.05) is 12.0 Å². The molecule has 0 spiro atoms. The Morgan fingerprint density at radius 2 is 2.09 bits per heavy atom. The van der Waals surface area contributed by atoms with Crippen LogP contribution in [0.15, 0.2) is 23.1 Å². The van der Waals surface area contributed by atoms with Gasteiger partial charge in [0.05, 0.1) is 17.6 Å². The van der Waals surface area contributed by atoms with E-state index in [4.69, 9.17) is 4.74 Å². The van der Waals surface area contributed by atoms with Gasteiger partial charge in [-0.3, -0.25) is 4.79 Å². The second-order valence-electron chi connectivity index (χ2n) is 5.28. The lowest BCUT2D eigenvalue weighted by molar-refractivity contribution is -0.143. The lowest BCUT2D eigenvalue weighted by atomic mass is 9.98. The molecule has 1 aliphatic rings. The van der Waals surface area contributed by atoms with Crippen molar-refractivity contribution in [2.24, 2.45) is 0 Å². The number of carbonyl (C=O) groups is 2. The topological polar surface area (TPSA) is 110 Å². The van der Waals surface area contributed by atoms with Crippen LogP contribution in [-0.4, -0.2) is 55.8 Å². The molecule has 1 heterocycles. The quantitative estimate of drug-likeness (QED) is 0.800. The summed E-state index contributed by atoms with van der Waals surface area (Å²) in [6.45, 7) is 0. The van der Waals surface area contributed by atoms with Gasteiger partial charge in [-0.25, -0.2) is 13.2 Å². The number of thioether (sulfide) groups is 1. The van der Waals surface area contributed by atoms with Crippen molar-refractivity contribution in [2.45, 2.75) is 16.9 Å². The molecule has 1 aromatic rings. The summed E-state index contributed by atoms with van der Waals surface area (Å²) < 4.78 is 28.4. The molecule has 1 fully saturated rings. The molecule has 0 saturated carbocycles. The Labute approximate surface area is 138 Å². The van der Waals surface area contributed by atoms with Gasteiger partial charge < -0.3 is 15.2 Å². The lowest BCUT2D eigenvalue weighted by Gasteiger charge is -2.25. The van der Waals surface area contributed by atoms with Gasteiger partial charge in [0.15, 0.2) is 9.84 Å². The number of carbonyl (C=O) groups excluding carboxylic acids is 1. The average Bonchev–Trinajstić information content (AvgIpc) is 2.95. The highest BCUT2D eigenvalue weighted by Gasteiger charge is 2.43. The van der Waals surface area contributed by atoms with Crippen LogP contribution in [0.25, 0.3) is 0 Å². The number of hydrogen-bond donors (Lipinski definition) is 2. The molecule has 1 unspecified atom stereocenters. The van der Waals surface area contributed by atoms with E-state index >= 15 is 0 Å². The van der Waals surface area contributed by atoms with Gasteiger partial charge in [-0.1, -0.05) is 0 Å². The fourth-order valence-corrected chi connectivity index (χ4v) is 4.24. The normalized spacial score (nSPS) is 21.0. The summed E-state index contributed by atoms with van der Waals surface area (Å²) in [7, 11) is -2.15. The van der Waals surface area contributed by atoms with E-state index in [-0.39, 0.29) is 22.0 Å². The fraction of sp³-hybridized carbons (Fsp3) is 0.429. The van der Waals surface area contributed by atoms with Gasteiger partial charge in [0.1, 0.15) is 11.3 Å². The zero-order chi connectivity index (χ0) is 17.3. The van der Waals surface area contributed by atoms with Gasteiger partial charge in [0.25, 0.3) is 5.91 Å². The summed E-state index contributed by atoms with van der Waals surface area (Å²) in [5.74, 6) is -0.692. The first-order valence-electron chi connectivity index (χ1n) is 6.71. The minimum Gasteiger partial charge on any atom is -0.496 e. The standard InChI is InChI=1S/C14H17NO6S2/c1-21-11-4-3-9(23(2,19)20)7-10(11)12(16)15-14(13(17)18)5-6-22-8-14/h3-4,7H,5-6,8H2,1-2H3,(H,15,16)(H,17,18). The molecule has 2 N–H and O–H groups in total. The summed E-state index contributed by atoms with van der Waals surface area (Å²) in [4.78, 5) is 24.0. The van der Waals surface area contributed by atoms with Gasteiger partial charge in [-0.2, -0.15) is 11.8 Å². The second-order valence-corrected chi connectivity index (χ2v) is 8.40. The van der Waals surface area contributed by atoms with E-state index in [0.717, 1.165) is 6.26 Å². The van der Waals surface area contributed by atoms with E-state index in [1.807, 2.05) is 0 Å². The maximum absolute atomic E-state index is 12.5. The SMILES string of the molecule is COc1ccc(S(C)(=O)=O)cc1C(=O)NC1(C(=O)O)CCSC1. The molecule has 1 aromatic carbocycles. The minimum absolute atomic E-state index is 0.00653. The van der Waals surface area contributed by atoms with Crippen molar-refractivity contribution in [3.05, 3.63) is 23.8 Å². The predicted molar refractivity (Wildman–Crippen MR) is 85.9 cm³/mol. The van der Waals surface area contributed by atoms with E-state index in [2.05, 4.69) is 5.32 Å². The van der Waals surface area contributed by atoms with Crippen molar-refractivity contribution >= 4 is 33.5 Å². The van der Waals surface area contributed by atoms with E-state index < -0.39 is 27.3 Å². The number of carboxylic acids is 1. The van der Waals surface area contributed by atoms with Crippen molar-refractivity contribution in [3.8, 4) is 5.75 Å². The van der Waals surface area contributed by atoms with Gasteiger partial charge in [0.2, 0.25) is 0 Å². The highest BCUT2D eigenvalue weighted by molar-refractivity contribution is 7.99. The number of carboxylic acid groups (broad SMARTS) is 1. The summed E-state index contributed by atoms with van der Waals surface area (Å²) in [5.41, 5.74) is -1.35. The average molecular weight is 359 g/mol. The first kappa shape index (κ1) is 17.6. The number of aliphatic carboxylic acids is 1. The maximum atomic E-state index is 12.5. The van der Waals surface area contributed by atoms with Gasteiger partial charge in [-0.05, 0) is 30.4 Å². The first-order valence-corrected chi connectivity index (χ1v) is 9.76. The summed E-state index contributed by atoms with van der Waals surface area (Å²) >= 11 is 1.44. The van der Waals surface area contributed by atoms with E-state index in [1.165, 1.54) is 37.1 Å². The zero-order valence-electron chi connectivity index (χ0n) is 12.7. The number of nitrogens with one attached hydrogen (secondary N) is 1. The summed E-state index contributed by atoms with van der Waals surface area (Å²) in [6.07, 6.45) is 1.34. The van der Waals surface area contributed by atoms with Crippen LogP contribution in [0.1, 0.15) is 16.8 Å². The second kappa shape index (κ2) is 6.40. The monoisotopic (exact) mass is 359 g/mol. The number of hydrogen-bond acceptors (Lipinski definition) is 6. The van der Waals surface area contributed by atoms with Crippen LogP contribution < -0.4 is 10.1 Å².